The predicted octanol–water partition coefficient (Wildman–Crippen LogP) is 1.07. The summed E-state index contributed by atoms with van der Waals surface area (Å²) in [4.78, 5) is 6.27. The van der Waals surface area contributed by atoms with Crippen LogP contribution in [0.5, 0.6) is 0 Å². The Hall–Kier alpha value is -1.31. The predicted molar refractivity (Wildman–Crippen MR) is 78.8 cm³/mol. The van der Waals surface area contributed by atoms with E-state index in [9.17, 15) is 8.42 Å². The number of imidazole rings is 1. The van der Waals surface area contributed by atoms with Crippen LogP contribution >= 0.6 is 11.6 Å². The maximum Gasteiger partial charge on any atom is 0.211 e. The first-order chi connectivity index (χ1) is 9.45. The topological polar surface area (TPSA) is 57.9 Å². The zero-order valence-electron chi connectivity index (χ0n) is 11.0. The third-order valence-corrected chi connectivity index (χ3v) is 5.02. The van der Waals surface area contributed by atoms with Gasteiger partial charge in [0.25, 0.3) is 0 Å². The molecule has 3 rings (SSSR count). The van der Waals surface area contributed by atoms with Crippen LogP contribution in [0.2, 0.25) is 5.02 Å². The second-order valence-electron chi connectivity index (χ2n) is 4.88. The number of rotatable bonds is 2. The Morgan fingerprint density at radius 3 is 2.60 bits per heavy atom. The number of aromatic nitrogens is 2. The Bertz CT molecular complexity index is 735. The van der Waals surface area contributed by atoms with Gasteiger partial charge in [-0.25, -0.2) is 13.4 Å². The third-order valence-electron chi connectivity index (χ3n) is 3.51. The summed E-state index contributed by atoms with van der Waals surface area (Å²) in [5, 5.41) is 0.635. The first-order valence-electron chi connectivity index (χ1n) is 6.26. The minimum atomic E-state index is -3.11. The van der Waals surface area contributed by atoms with Crippen molar-refractivity contribution < 1.29 is 8.42 Å². The maximum absolute atomic E-state index is 11.5. The van der Waals surface area contributed by atoms with Gasteiger partial charge in [0.2, 0.25) is 10.0 Å². The quantitative estimate of drug-likeness (QED) is 0.832. The van der Waals surface area contributed by atoms with E-state index in [-0.39, 0.29) is 0 Å². The normalized spacial score (nSPS) is 17.8. The minimum absolute atomic E-state index is 0.492. The zero-order chi connectivity index (χ0) is 14.3. The molecule has 2 aromatic heterocycles. The highest BCUT2D eigenvalue weighted by Gasteiger charge is 2.24. The van der Waals surface area contributed by atoms with Crippen LogP contribution in [0.3, 0.4) is 0 Å². The molecule has 0 atom stereocenters. The van der Waals surface area contributed by atoms with E-state index < -0.39 is 10.0 Å². The molecule has 0 amide bonds. The molecule has 0 spiro atoms. The van der Waals surface area contributed by atoms with Crippen LogP contribution in [0.25, 0.3) is 5.52 Å². The van der Waals surface area contributed by atoms with E-state index in [0.29, 0.717) is 31.2 Å². The van der Waals surface area contributed by atoms with E-state index in [1.807, 2.05) is 10.5 Å². The molecule has 1 aliphatic heterocycles. The molecule has 1 fully saturated rings. The number of fused-ring (bicyclic) bond motifs is 1. The van der Waals surface area contributed by atoms with E-state index in [2.05, 4.69) is 9.88 Å². The van der Waals surface area contributed by atoms with Crippen molar-refractivity contribution in [1.82, 2.24) is 13.7 Å². The van der Waals surface area contributed by atoms with Crippen LogP contribution < -0.4 is 4.90 Å². The van der Waals surface area contributed by atoms with Gasteiger partial charge in [0.15, 0.2) is 0 Å². The second-order valence-corrected chi connectivity index (χ2v) is 7.30. The fourth-order valence-corrected chi connectivity index (χ4v) is 3.53. The molecule has 0 N–H and O–H groups in total. The van der Waals surface area contributed by atoms with E-state index in [0.717, 1.165) is 11.2 Å². The molecular weight excluding hydrogens is 300 g/mol. The van der Waals surface area contributed by atoms with Gasteiger partial charge in [-0.05, 0) is 6.07 Å². The van der Waals surface area contributed by atoms with Gasteiger partial charge in [-0.3, -0.25) is 0 Å². The van der Waals surface area contributed by atoms with Crippen LogP contribution in [-0.4, -0.2) is 54.5 Å². The van der Waals surface area contributed by atoms with Gasteiger partial charge in [-0.2, -0.15) is 4.31 Å². The number of piperazine rings is 1. The minimum Gasteiger partial charge on any atom is -0.367 e. The van der Waals surface area contributed by atoms with Crippen molar-refractivity contribution in [3.8, 4) is 0 Å². The Kier molecular flexibility index (Phi) is 3.35. The molecule has 1 saturated heterocycles. The lowest BCUT2D eigenvalue weighted by atomic mass is 10.2. The van der Waals surface area contributed by atoms with Crippen molar-refractivity contribution in [2.24, 2.45) is 0 Å². The highest BCUT2D eigenvalue weighted by molar-refractivity contribution is 7.88. The average Bonchev–Trinajstić information content (AvgIpc) is 2.85. The van der Waals surface area contributed by atoms with Crippen LogP contribution in [-0.2, 0) is 10.0 Å². The molecule has 8 heteroatoms. The van der Waals surface area contributed by atoms with E-state index in [1.165, 1.54) is 10.6 Å². The summed E-state index contributed by atoms with van der Waals surface area (Å²) in [7, 11) is -3.11. The third kappa shape index (κ3) is 2.48. The molecule has 0 radical (unpaired) electrons. The van der Waals surface area contributed by atoms with Crippen molar-refractivity contribution in [3.63, 3.8) is 0 Å². The number of hydrogen-bond acceptors (Lipinski definition) is 4. The smallest absolute Gasteiger partial charge is 0.211 e. The van der Waals surface area contributed by atoms with E-state index in [4.69, 9.17) is 11.6 Å². The van der Waals surface area contributed by atoms with E-state index in [1.54, 1.807) is 18.7 Å². The molecule has 0 aliphatic carbocycles. The van der Waals surface area contributed by atoms with Crippen LogP contribution in [0.15, 0.2) is 24.8 Å². The standard InChI is InChI=1S/C12H15ClN4O2S/c1-20(18,19)17-4-2-15(3-5-17)11-6-10(13)8-16-9-14-7-12(11)16/h6-9H,2-5H2,1H3. The largest absolute Gasteiger partial charge is 0.367 e. The van der Waals surface area contributed by atoms with Crippen molar-refractivity contribution in [1.29, 1.82) is 0 Å². The van der Waals surface area contributed by atoms with Gasteiger partial charge in [0.1, 0.15) is 0 Å². The molecule has 0 unspecified atom stereocenters. The summed E-state index contributed by atoms with van der Waals surface area (Å²) in [6.45, 7) is 2.28. The molecule has 20 heavy (non-hydrogen) atoms. The lowest BCUT2D eigenvalue weighted by molar-refractivity contribution is 0.388. The van der Waals surface area contributed by atoms with Crippen molar-refractivity contribution in [2.75, 3.05) is 37.3 Å². The first kappa shape index (κ1) is 13.7. The van der Waals surface area contributed by atoms with Crippen LogP contribution in [0.1, 0.15) is 0 Å². The number of anilines is 1. The summed E-state index contributed by atoms with van der Waals surface area (Å²) >= 11 is 6.12. The SMILES string of the molecule is CS(=O)(=O)N1CCN(c2cc(Cl)cn3cncc23)CC1. The van der Waals surface area contributed by atoms with Crippen molar-refractivity contribution in [3.05, 3.63) is 29.8 Å². The molecule has 0 saturated carbocycles. The van der Waals surface area contributed by atoms with Crippen molar-refractivity contribution >= 4 is 32.8 Å². The number of hydrogen-bond donors (Lipinski definition) is 0. The van der Waals surface area contributed by atoms with Gasteiger partial charge < -0.3 is 9.30 Å². The summed E-state index contributed by atoms with van der Waals surface area (Å²) in [6.07, 6.45) is 6.55. The van der Waals surface area contributed by atoms with Gasteiger partial charge in [0.05, 0.1) is 35.0 Å². The number of sulfonamides is 1. The highest BCUT2D eigenvalue weighted by Crippen LogP contribution is 2.26. The lowest BCUT2D eigenvalue weighted by Crippen LogP contribution is -2.48. The Balaban J connectivity index is 1.89. The first-order valence-corrected chi connectivity index (χ1v) is 8.49. The van der Waals surface area contributed by atoms with Gasteiger partial charge in [-0.15, -0.1) is 0 Å². The number of halogens is 1. The molecule has 2 aromatic rings. The molecule has 0 bridgehead atoms. The summed E-state index contributed by atoms with van der Waals surface area (Å²) < 4.78 is 26.4. The summed E-state index contributed by atoms with van der Waals surface area (Å²) in [5.74, 6) is 0. The molecule has 6 nitrogen and oxygen atoms in total. The number of nitrogens with zero attached hydrogens (tertiary/aromatic N) is 4. The molecule has 108 valence electrons. The zero-order valence-corrected chi connectivity index (χ0v) is 12.6. The monoisotopic (exact) mass is 314 g/mol. The molecule has 1 aliphatic rings. The maximum atomic E-state index is 11.5. The molecular formula is C12H15ClN4O2S. The Morgan fingerprint density at radius 2 is 1.95 bits per heavy atom. The number of pyridine rings is 1. The van der Waals surface area contributed by atoms with Crippen molar-refractivity contribution in [2.45, 2.75) is 0 Å². The fourth-order valence-electron chi connectivity index (χ4n) is 2.49. The average molecular weight is 315 g/mol. The molecule has 3 heterocycles. The Labute approximate surface area is 122 Å². The van der Waals surface area contributed by atoms with Crippen LogP contribution in [0.4, 0.5) is 5.69 Å². The summed E-state index contributed by atoms with van der Waals surface area (Å²) in [6, 6.07) is 1.90. The highest BCUT2D eigenvalue weighted by atomic mass is 35.5. The molecule has 0 aromatic carbocycles. The van der Waals surface area contributed by atoms with Gasteiger partial charge >= 0.3 is 0 Å². The second kappa shape index (κ2) is 4.91. The summed E-state index contributed by atoms with van der Waals surface area (Å²) in [5.41, 5.74) is 1.96. The Morgan fingerprint density at radius 1 is 1.25 bits per heavy atom. The van der Waals surface area contributed by atoms with Gasteiger partial charge in [-0.1, -0.05) is 11.6 Å². The lowest BCUT2D eigenvalue weighted by Gasteiger charge is -2.35. The van der Waals surface area contributed by atoms with Gasteiger partial charge in [0, 0.05) is 32.4 Å². The van der Waals surface area contributed by atoms with E-state index >= 15 is 0 Å². The van der Waals surface area contributed by atoms with Crippen LogP contribution in [0, 0.1) is 0 Å². The fraction of sp³-hybridized carbons (Fsp3) is 0.417.